The lowest BCUT2D eigenvalue weighted by molar-refractivity contribution is -0.122. The SMILES string of the molecule is C=C(C)C(=O)NCCOCCOCCC(=O)NCCCOCCCNCc1ccc(N(C)CCCl)cc1. The summed E-state index contributed by atoms with van der Waals surface area (Å²) in [5.74, 6) is 0.406. The van der Waals surface area contributed by atoms with Crippen LogP contribution in [0.15, 0.2) is 36.4 Å². The highest BCUT2D eigenvalue weighted by Gasteiger charge is 2.02. The van der Waals surface area contributed by atoms with Crippen molar-refractivity contribution >= 4 is 29.1 Å². The van der Waals surface area contributed by atoms with E-state index in [0.717, 1.165) is 32.5 Å². The number of nitrogens with zero attached hydrogens (tertiary/aromatic N) is 1. The second-order valence-corrected chi connectivity index (χ2v) is 9.01. The van der Waals surface area contributed by atoms with Gasteiger partial charge in [0.15, 0.2) is 0 Å². The van der Waals surface area contributed by atoms with Gasteiger partial charge in [-0.05, 0) is 44.0 Å². The van der Waals surface area contributed by atoms with Crippen molar-refractivity contribution in [2.75, 3.05) is 83.6 Å². The molecule has 0 atom stereocenters. The second-order valence-electron chi connectivity index (χ2n) is 8.63. The van der Waals surface area contributed by atoms with Crippen LogP contribution in [0, 0.1) is 0 Å². The molecule has 0 aliphatic rings. The van der Waals surface area contributed by atoms with Gasteiger partial charge in [-0.3, -0.25) is 9.59 Å². The first-order valence-corrected chi connectivity index (χ1v) is 13.5. The van der Waals surface area contributed by atoms with E-state index in [1.807, 2.05) is 7.05 Å². The smallest absolute Gasteiger partial charge is 0.246 e. The molecule has 1 aromatic rings. The molecule has 0 fully saturated rings. The third-order valence-corrected chi connectivity index (χ3v) is 5.49. The average Bonchev–Trinajstić information content (AvgIpc) is 2.89. The molecular formula is C27H45ClN4O5. The van der Waals surface area contributed by atoms with E-state index in [2.05, 4.69) is 51.7 Å². The van der Waals surface area contributed by atoms with E-state index in [9.17, 15) is 9.59 Å². The summed E-state index contributed by atoms with van der Waals surface area (Å²) in [5.41, 5.74) is 2.89. The van der Waals surface area contributed by atoms with Crippen molar-refractivity contribution < 1.29 is 23.8 Å². The number of carbonyl (C=O) groups excluding carboxylic acids is 2. The number of ether oxygens (including phenoxy) is 3. The Morgan fingerprint density at radius 2 is 1.54 bits per heavy atom. The topological polar surface area (TPSA) is 101 Å². The Labute approximate surface area is 227 Å². The monoisotopic (exact) mass is 540 g/mol. The summed E-state index contributed by atoms with van der Waals surface area (Å²) >= 11 is 5.79. The first-order chi connectivity index (χ1) is 17.9. The zero-order valence-electron chi connectivity index (χ0n) is 22.5. The summed E-state index contributed by atoms with van der Waals surface area (Å²) < 4.78 is 16.4. The molecule has 0 bridgehead atoms. The zero-order chi connectivity index (χ0) is 27.1. The van der Waals surface area contributed by atoms with E-state index in [4.69, 9.17) is 25.8 Å². The van der Waals surface area contributed by atoms with Crippen molar-refractivity contribution in [3.05, 3.63) is 42.0 Å². The minimum atomic E-state index is -0.175. The number of hydrogen-bond acceptors (Lipinski definition) is 7. The van der Waals surface area contributed by atoms with E-state index in [0.29, 0.717) is 70.6 Å². The van der Waals surface area contributed by atoms with Gasteiger partial charge in [0, 0.05) is 70.0 Å². The number of nitrogens with one attached hydrogen (secondary N) is 3. The standard InChI is InChI=1S/C27H45ClN4O5/c1-23(2)27(34)31-14-19-37-21-20-36-18-10-26(33)30-13-5-17-35-16-4-12-29-22-24-6-8-25(9-7-24)32(3)15-11-28/h6-9,29H,1,4-5,10-22H2,2-3H3,(H,30,33)(H,31,34). The van der Waals surface area contributed by atoms with Gasteiger partial charge in [0.2, 0.25) is 11.8 Å². The number of anilines is 1. The van der Waals surface area contributed by atoms with Gasteiger partial charge in [0.25, 0.3) is 0 Å². The maximum atomic E-state index is 11.8. The number of alkyl halides is 1. The normalized spacial score (nSPS) is 10.8. The summed E-state index contributed by atoms with van der Waals surface area (Å²) in [5, 5.41) is 8.98. The van der Waals surface area contributed by atoms with E-state index in [1.165, 1.54) is 11.3 Å². The van der Waals surface area contributed by atoms with Crippen molar-refractivity contribution in [1.29, 1.82) is 0 Å². The Kier molecular flexibility index (Phi) is 19.4. The summed E-state index contributed by atoms with van der Waals surface area (Å²) in [7, 11) is 2.04. The lowest BCUT2D eigenvalue weighted by Gasteiger charge is -2.18. The van der Waals surface area contributed by atoms with Gasteiger partial charge in [-0.15, -0.1) is 11.6 Å². The number of hydrogen-bond donors (Lipinski definition) is 3. The Morgan fingerprint density at radius 1 is 0.892 bits per heavy atom. The van der Waals surface area contributed by atoms with E-state index < -0.39 is 0 Å². The van der Waals surface area contributed by atoms with Gasteiger partial charge < -0.3 is 35.1 Å². The molecule has 0 heterocycles. The van der Waals surface area contributed by atoms with Crippen molar-refractivity contribution in [2.45, 2.75) is 32.7 Å². The summed E-state index contributed by atoms with van der Waals surface area (Å²) in [4.78, 5) is 25.2. The number of amides is 2. The molecule has 1 aromatic carbocycles. The lowest BCUT2D eigenvalue weighted by atomic mass is 10.2. The first-order valence-electron chi connectivity index (χ1n) is 12.9. The van der Waals surface area contributed by atoms with Crippen LogP contribution in [0.2, 0.25) is 0 Å². The fraction of sp³-hybridized carbons (Fsp3) is 0.630. The molecule has 0 saturated carbocycles. The third kappa shape index (κ3) is 17.8. The third-order valence-electron chi connectivity index (χ3n) is 5.32. The van der Waals surface area contributed by atoms with E-state index in [-0.39, 0.29) is 11.8 Å². The predicted molar refractivity (Wildman–Crippen MR) is 149 cm³/mol. The molecule has 9 nitrogen and oxygen atoms in total. The van der Waals surface area contributed by atoms with Crippen LogP contribution in [0.3, 0.4) is 0 Å². The molecule has 2 amide bonds. The van der Waals surface area contributed by atoms with Crippen LogP contribution in [0.1, 0.15) is 31.7 Å². The summed E-state index contributed by atoms with van der Waals surface area (Å²) in [6, 6.07) is 8.50. The molecule has 10 heteroatoms. The quantitative estimate of drug-likeness (QED) is 0.111. The van der Waals surface area contributed by atoms with Crippen LogP contribution in [-0.2, 0) is 30.3 Å². The molecule has 210 valence electrons. The highest BCUT2D eigenvalue weighted by Crippen LogP contribution is 2.13. The maximum Gasteiger partial charge on any atom is 0.246 e. The molecule has 3 N–H and O–H groups in total. The Morgan fingerprint density at radius 3 is 2.22 bits per heavy atom. The Balaban J connectivity index is 1.85. The second kappa shape index (κ2) is 21.9. The number of rotatable bonds is 23. The summed E-state index contributed by atoms with van der Waals surface area (Å²) in [6.45, 7) is 11.7. The number of carbonyl (C=O) groups is 2. The molecule has 37 heavy (non-hydrogen) atoms. The minimum absolute atomic E-state index is 0.0358. The molecule has 1 rings (SSSR count). The molecule has 0 saturated heterocycles. The van der Waals surface area contributed by atoms with Gasteiger partial charge in [-0.2, -0.15) is 0 Å². The minimum Gasteiger partial charge on any atom is -0.381 e. The van der Waals surface area contributed by atoms with Crippen LogP contribution in [0.25, 0.3) is 0 Å². The average molecular weight is 541 g/mol. The fourth-order valence-electron chi connectivity index (χ4n) is 3.12. The molecule has 0 aromatic heterocycles. The van der Waals surface area contributed by atoms with Crippen LogP contribution >= 0.6 is 11.6 Å². The Bertz CT molecular complexity index is 764. The van der Waals surface area contributed by atoms with Crippen LogP contribution in [0.4, 0.5) is 5.69 Å². The van der Waals surface area contributed by atoms with Crippen LogP contribution in [0.5, 0.6) is 0 Å². The fourth-order valence-corrected chi connectivity index (χ4v) is 3.38. The predicted octanol–water partition coefficient (Wildman–Crippen LogP) is 2.48. The van der Waals surface area contributed by atoms with Crippen molar-refractivity contribution in [1.82, 2.24) is 16.0 Å². The number of halogens is 1. The largest absolute Gasteiger partial charge is 0.381 e. The van der Waals surface area contributed by atoms with Crippen LogP contribution in [-0.4, -0.2) is 90.6 Å². The van der Waals surface area contributed by atoms with E-state index >= 15 is 0 Å². The highest BCUT2D eigenvalue weighted by molar-refractivity contribution is 6.18. The van der Waals surface area contributed by atoms with Gasteiger partial charge in [-0.1, -0.05) is 18.7 Å². The van der Waals surface area contributed by atoms with Crippen molar-refractivity contribution in [2.24, 2.45) is 0 Å². The van der Waals surface area contributed by atoms with Gasteiger partial charge >= 0.3 is 0 Å². The molecular weight excluding hydrogens is 496 g/mol. The molecule has 0 spiro atoms. The highest BCUT2D eigenvalue weighted by atomic mass is 35.5. The first kappa shape index (κ1) is 32.9. The van der Waals surface area contributed by atoms with Crippen molar-refractivity contribution in [3.8, 4) is 0 Å². The van der Waals surface area contributed by atoms with Crippen molar-refractivity contribution in [3.63, 3.8) is 0 Å². The number of benzene rings is 1. The summed E-state index contributed by atoms with van der Waals surface area (Å²) in [6.07, 6.45) is 2.03. The van der Waals surface area contributed by atoms with Gasteiger partial charge in [0.1, 0.15) is 0 Å². The van der Waals surface area contributed by atoms with Gasteiger partial charge in [0.05, 0.1) is 26.4 Å². The molecule has 0 aliphatic heterocycles. The molecule has 0 aliphatic carbocycles. The lowest BCUT2D eigenvalue weighted by Crippen LogP contribution is -2.28. The molecule has 0 radical (unpaired) electrons. The van der Waals surface area contributed by atoms with Gasteiger partial charge in [-0.25, -0.2) is 0 Å². The Hall–Kier alpha value is -2.17. The molecule has 0 unspecified atom stereocenters. The van der Waals surface area contributed by atoms with Crippen LogP contribution < -0.4 is 20.9 Å². The van der Waals surface area contributed by atoms with E-state index in [1.54, 1.807) is 6.92 Å². The zero-order valence-corrected chi connectivity index (χ0v) is 23.2. The maximum absolute atomic E-state index is 11.8.